The first-order chi connectivity index (χ1) is 8.31. The third-order valence-corrected chi connectivity index (χ3v) is 4.52. The van der Waals surface area contributed by atoms with Crippen molar-refractivity contribution in [1.29, 1.82) is 0 Å². The normalized spacial score (nSPS) is 24.8. The Kier molecular flexibility index (Phi) is 4.89. The Morgan fingerprint density at radius 1 is 1.00 bits per heavy atom. The highest BCUT2D eigenvalue weighted by atomic mass is 32.2. The van der Waals surface area contributed by atoms with E-state index in [1.165, 1.54) is 49.7 Å². The number of quaternary nitrogens is 2. The van der Waals surface area contributed by atoms with Gasteiger partial charge in [-0.25, -0.2) is 0 Å². The maximum absolute atomic E-state index is 2.29. The number of nitrogens with one attached hydrogen (secondary N) is 2. The van der Waals surface area contributed by atoms with Gasteiger partial charge in [0.2, 0.25) is 0 Å². The second-order valence-electron chi connectivity index (χ2n) is 4.88. The monoisotopic (exact) mass is 252 g/mol. The molecule has 0 aliphatic carbocycles. The van der Waals surface area contributed by atoms with Crippen LogP contribution in [0.1, 0.15) is 12.5 Å². The molecule has 17 heavy (non-hydrogen) atoms. The quantitative estimate of drug-likeness (QED) is 0.700. The second kappa shape index (κ2) is 6.43. The predicted molar refractivity (Wildman–Crippen MR) is 73.9 cm³/mol. The summed E-state index contributed by atoms with van der Waals surface area (Å²) in [6.45, 7) is 10.1. The smallest absolute Gasteiger partial charge is 0.127 e. The van der Waals surface area contributed by atoms with Gasteiger partial charge in [-0.2, -0.15) is 0 Å². The zero-order valence-electron chi connectivity index (χ0n) is 11.0. The van der Waals surface area contributed by atoms with Crippen molar-refractivity contribution in [3.63, 3.8) is 0 Å². The molecule has 0 bridgehead atoms. The fourth-order valence-corrected chi connectivity index (χ4v) is 2.93. The van der Waals surface area contributed by atoms with Crippen LogP contribution < -0.4 is 9.80 Å². The Bertz CT molecular complexity index is 329. The van der Waals surface area contributed by atoms with Gasteiger partial charge in [0.05, 0.1) is 6.54 Å². The summed E-state index contributed by atoms with van der Waals surface area (Å²) < 4.78 is 0. The average Bonchev–Trinajstić information content (AvgIpc) is 2.40. The first kappa shape index (κ1) is 12.9. The SMILES string of the molecule is CC[NH+]1CC[NH+](Cc2ccc(SC)cc2)CC1. The summed E-state index contributed by atoms with van der Waals surface area (Å²) in [6.07, 6.45) is 2.13. The van der Waals surface area contributed by atoms with Gasteiger partial charge in [0.1, 0.15) is 32.7 Å². The van der Waals surface area contributed by atoms with Crippen LogP contribution in [0.3, 0.4) is 0 Å². The van der Waals surface area contributed by atoms with E-state index in [2.05, 4.69) is 37.4 Å². The fraction of sp³-hybridized carbons (Fsp3) is 0.571. The van der Waals surface area contributed by atoms with E-state index >= 15 is 0 Å². The molecular weight excluding hydrogens is 228 g/mol. The zero-order chi connectivity index (χ0) is 12.1. The summed E-state index contributed by atoms with van der Waals surface area (Å²) in [4.78, 5) is 4.88. The molecule has 1 aromatic carbocycles. The lowest BCUT2D eigenvalue weighted by molar-refractivity contribution is -1.02. The van der Waals surface area contributed by atoms with Crippen LogP contribution in [-0.2, 0) is 6.54 Å². The number of hydrogen-bond donors (Lipinski definition) is 2. The minimum Gasteiger partial charge on any atom is -0.326 e. The Hall–Kier alpha value is -0.510. The van der Waals surface area contributed by atoms with Gasteiger partial charge in [-0.3, -0.25) is 0 Å². The lowest BCUT2D eigenvalue weighted by Gasteiger charge is -2.29. The molecule has 2 nitrogen and oxygen atoms in total. The Morgan fingerprint density at radius 3 is 2.12 bits per heavy atom. The molecule has 2 N–H and O–H groups in total. The van der Waals surface area contributed by atoms with Crippen molar-refractivity contribution in [3.8, 4) is 0 Å². The molecule has 0 saturated carbocycles. The number of thioether (sulfide) groups is 1. The number of rotatable bonds is 4. The van der Waals surface area contributed by atoms with E-state index in [1.54, 1.807) is 9.80 Å². The second-order valence-corrected chi connectivity index (χ2v) is 5.76. The Labute approximate surface area is 109 Å². The van der Waals surface area contributed by atoms with Crippen molar-refractivity contribution in [3.05, 3.63) is 29.8 Å². The highest BCUT2D eigenvalue weighted by Gasteiger charge is 2.21. The van der Waals surface area contributed by atoms with Crippen molar-refractivity contribution in [1.82, 2.24) is 0 Å². The first-order valence-corrected chi connectivity index (χ1v) is 7.84. The van der Waals surface area contributed by atoms with Gasteiger partial charge in [0.25, 0.3) is 0 Å². The predicted octanol–water partition coefficient (Wildman–Crippen LogP) is -0.288. The summed E-state index contributed by atoms with van der Waals surface area (Å²) in [5.41, 5.74) is 1.48. The van der Waals surface area contributed by atoms with Crippen LogP contribution in [-0.4, -0.2) is 39.0 Å². The number of benzene rings is 1. The molecule has 1 saturated heterocycles. The molecular formula is C14H24N2S+2. The highest BCUT2D eigenvalue weighted by Crippen LogP contribution is 2.14. The van der Waals surface area contributed by atoms with Gasteiger partial charge in [0.15, 0.2) is 0 Å². The van der Waals surface area contributed by atoms with Crippen molar-refractivity contribution < 1.29 is 9.80 Å². The zero-order valence-corrected chi connectivity index (χ0v) is 11.8. The van der Waals surface area contributed by atoms with E-state index in [0.29, 0.717) is 0 Å². The van der Waals surface area contributed by atoms with Gasteiger partial charge in [-0.1, -0.05) is 12.1 Å². The molecule has 0 atom stereocenters. The molecule has 1 aliphatic heterocycles. The van der Waals surface area contributed by atoms with E-state index in [0.717, 1.165) is 0 Å². The fourth-order valence-electron chi connectivity index (χ4n) is 2.52. The van der Waals surface area contributed by atoms with Gasteiger partial charge < -0.3 is 9.80 Å². The number of piperazine rings is 1. The van der Waals surface area contributed by atoms with E-state index in [4.69, 9.17) is 0 Å². The minimum atomic E-state index is 1.20. The summed E-state index contributed by atoms with van der Waals surface area (Å²) in [5, 5.41) is 0. The van der Waals surface area contributed by atoms with Crippen LogP contribution in [0.5, 0.6) is 0 Å². The van der Waals surface area contributed by atoms with Gasteiger partial charge in [-0.05, 0) is 25.3 Å². The maximum atomic E-state index is 2.29. The Balaban J connectivity index is 1.84. The van der Waals surface area contributed by atoms with Crippen LogP contribution in [0.25, 0.3) is 0 Å². The molecule has 0 unspecified atom stereocenters. The minimum absolute atomic E-state index is 1.20. The summed E-state index contributed by atoms with van der Waals surface area (Å²) >= 11 is 1.82. The number of likely N-dealkylation sites (N-methyl/N-ethyl adjacent to an activating group) is 1. The molecule has 0 amide bonds. The van der Waals surface area contributed by atoms with Crippen LogP contribution in [0.2, 0.25) is 0 Å². The van der Waals surface area contributed by atoms with Gasteiger partial charge in [0, 0.05) is 10.5 Å². The van der Waals surface area contributed by atoms with Gasteiger partial charge >= 0.3 is 0 Å². The summed E-state index contributed by atoms with van der Waals surface area (Å²) in [6, 6.07) is 9.07. The molecule has 0 spiro atoms. The lowest BCUT2D eigenvalue weighted by atomic mass is 10.2. The van der Waals surface area contributed by atoms with Crippen molar-refractivity contribution in [2.24, 2.45) is 0 Å². The van der Waals surface area contributed by atoms with E-state index in [1.807, 2.05) is 11.8 Å². The van der Waals surface area contributed by atoms with E-state index in [9.17, 15) is 0 Å². The lowest BCUT2D eigenvalue weighted by Crippen LogP contribution is -3.27. The van der Waals surface area contributed by atoms with Crippen LogP contribution >= 0.6 is 11.8 Å². The molecule has 2 rings (SSSR count). The van der Waals surface area contributed by atoms with Crippen LogP contribution in [0.4, 0.5) is 0 Å². The van der Waals surface area contributed by atoms with Crippen molar-refractivity contribution in [2.45, 2.75) is 18.4 Å². The molecule has 0 radical (unpaired) electrons. The molecule has 1 aromatic rings. The summed E-state index contributed by atoms with van der Waals surface area (Å²) in [7, 11) is 0. The largest absolute Gasteiger partial charge is 0.326 e. The van der Waals surface area contributed by atoms with Gasteiger partial charge in [-0.15, -0.1) is 11.8 Å². The number of hydrogen-bond acceptors (Lipinski definition) is 1. The third kappa shape index (κ3) is 3.73. The topological polar surface area (TPSA) is 8.88 Å². The maximum Gasteiger partial charge on any atom is 0.127 e. The summed E-state index contributed by atoms with van der Waals surface area (Å²) in [5.74, 6) is 0. The van der Waals surface area contributed by atoms with E-state index < -0.39 is 0 Å². The third-order valence-electron chi connectivity index (χ3n) is 3.78. The standard InChI is InChI=1S/C14H22N2S/c1-3-15-8-10-16(11-9-15)12-13-4-6-14(17-2)7-5-13/h4-7H,3,8-12H2,1-2H3/p+2. The Morgan fingerprint density at radius 2 is 1.59 bits per heavy atom. The van der Waals surface area contributed by atoms with E-state index in [-0.39, 0.29) is 0 Å². The first-order valence-electron chi connectivity index (χ1n) is 6.62. The molecule has 0 aromatic heterocycles. The molecule has 1 heterocycles. The molecule has 1 fully saturated rings. The molecule has 3 heteroatoms. The van der Waals surface area contributed by atoms with Crippen LogP contribution in [0.15, 0.2) is 29.2 Å². The van der Waals surface area contributed by atoms with Crippen molar-refractivity contribution >= 4 is 11.8 Å². The van der Waals surface area contributed by atoms with Crippen molar-refractivity contribution in [2.75, 3.05) is 39.0 Å². The molecule has 94 valence electrons. The van der Waals surface area contributed by atoms with Crippen LogP contribution in [0, 0.1) is 0 Å². The molecule has 1 aliphatic rings. The average molecular weight is 252 g/mol. The highest BCUT2D eigenvalue weighted by molar-refractivity contribution is 7.98.